The summed E-state index contributed by atoms with van der Waals surface area (Å²) in [6, 6.07) is 8.70. The molecule has 0 bridgehead atoms. The minimum Gasteiger partial charge on any atom is -0.367 e. The van der Waals surface area contributed by atoms with Gasteiger partial charge in [-0.1, -0.05) is 36.6 Å². The maximum Gasteiger partial charge on any atom is 0.317 e. The normalized spacial score (nSPS) is 17.0. The molecule has 1 saturated carbocycles. The van der Waals surface area contributed by atoms with Crippen molar-refractivity contribution in [2.45, 2.75) is 83.0 Å². The van der Waals surface area contributed by atoms with Crippen molar-refractivity contribution in [3.63, 3.8) is 0 Å². The van der Waals surface area contributed by atoms with E-state index in [1.807, 2.05) is 35.1 Å². The Hall–Kier alpha value is -3.16. The van der Waals surface area contributed by atoms with Gasteiger partial charge < -0.3 is 35.6 Å². The molecule has 2 aliphatic rings. The first-order valence-corrected chi connectivity index (χ1v) is 17.5. The summed E-state index contributed by atoms with van der Waals surface area (Å²) in [4.78, 5) is 32.2. The largest absolute Gasteiger partial charge is 0.367 e. The van der Waals surface area contributed by atoms with E-state index in [1.165, 1.54) is 32.1 Å². The fourth-order valence-corrected chi connectivity index (χ4v) is 6.21. The molecule has 1 amide bonds. The molecule has 1 aromatic carbocycles. The number of benzene rings is 1. The van der Waals surface area contributed by atoms with E-state index in [0.29, 0.717) is 25.6 Å². The van der Waals surface area contributed by atoms with E-state index in [1.54, 1.807) is 4.90 Å². The molecule has 1 aliphatic heterocycles. The van der Waals surface area contributed by atoms with Gasteiger partial charge in [0.2, 0.25) is 11.9 Å². The van der Waals surface area contributed by atoms with Gasteiger partial charge in [0.25, 0.3) is 0 Å². The lowest BCUT2D eigenvalue weighted by Crippen LogP contribution is -2.43. The topological polar surface area (TPSA) is 171 Å². The Bertz CT molecular complexity index is 1380. The van der Waals surface area contributed by atoms with E-state index >= 15 is 0 Å². The average Bonchev–Trinajstić information content (AvgIpc) is 3.52. The molecule has 1 atom stereocenters. The Morgan fingerprint density at radius 1 is 1.00 bits per heavy atom. The van der Waals surface area contributed by atoms with Crippen LogP contribution in [0.25, 0.3) is 10.9 Å². The molecule has 246 valence electrons. The molecule has 14 nitrogen and oxygen atoms in total. The van der Waals surface area contributed by atoms with Crippen molar-refractivity contribution in [2.24, 2.45) is 0 Å². The zero-order valence-corrected chi connectivity index (χ0v) is 26.9. The number of nitrogens with one attached hydrogen (secondary N) is 4. The highest BCUT2D eigenvalue weighted by Crippen LogP contribution is 2.25. The van der Waals surface area contributed by atoms with Crippen LogP contribution in [0.3, 0.4) is 0 Å². The Balaban J connectivity index is 1.04. The first-order valence-electron chi connectivity index (χ1n) is 16.3. The molecule has 15 heteroatoms. The monoisotopic (exact) mass is 642 g/mol. The quantitative estimate of drug-likeness (QED) is 0.108. The van der Waals surface area contributed by atoms with Gasteiger partial charge in [-0.2, -0.15) is 4.98 Å². The number of anilines is 2. The standard InChI is InChI=1S/C30H47N10O4P/c41-28(22-44-45(42)43)39-18-12-24(13-19-39)34-29-26-10-4-5-11-27(26)35-30(36-29)33-20-25-21-40(38-37-25)17-7-15-31-14-6-16-32-23-8-2-1-3-9-23/h4-5,10-11,21,23-24,31-32,45H,1-3,6-9,12-20,22H2,(H,42,43)(H2,33,34,35,36). The van der Waals surface area contributed by atoms with E-state index in [4.69, 9.17) is 14.9 Å². The number of amides is 1. The van der Waals surface area contributed by atoms with Crippen LogP contribution in [0.1, 0.15) is 63.5 Å². The number of carbonyl (C=O) groups excluding carboxylic acids is 1. The lowest BCUT2D eigenvalue weighted by molar-refractivity contribution is -0.134. The molecule has 0 radical (unpaired) electrons. The Labute approximate surface area is 265 Å². The summed E-state index contributed by atoms with van der Waals surface area (Å²) < 4.78 is 17.3. The fraction of sp³-hybridized carbons (Fsp3) is 0.633. The molecule has 3 aromatic rings. The summed E-state index contributed by atoms with van der Waals surface area (Å²) in [6.45, 7) is 5.02. The number of hydrogen-bond acceptors (Lipinski definition) is 11. The van der Waals surface area contributed by atoms with Crippen molar-refractivity contribution >= 4 is 36.8 Å². The van der Waals surface area contributed by atoms with Gasteiger partial charge in [0.15, 0.2) is 0 Å². The number of aryl methyl sites for hydroxylation is 1. The van der Waals surface area contributed by atoms with Crippen LogP contribution in [-0.4, -0.2) is 92.1 Å². The smallest absolute Gasteiger partial charge is 0.317 e. The summed E-state index contributed by atoms with van der Waals surface area (Å²) in [7, 11) is -3.12. The Morgan fingerprint density at radius 3 is 2.62 bits per heavy atom. The fourth-order valence-electron chi connectivity index (χ4n) is 5.96. The van der Waals surface area contributed by atoms with Gasteiger partial charge in [0, 0.05) is 37.1 Å². The van der Waals surface area contributed by atoms with Gasteiger partial charge in [0.05, 0.1) is 18.3 Å². The molecule has 1 aliphatic carbocycles. The molecule has 5 rings (SSSR count). The van der Waals surface area contributed by atoms with Crippen LogP contribution in [0, 0.1) is 0 Å². The number of piperidine rings is 1. The molecule has 3 heterocycles. The van der Waals surface area contributed by atoms with E-state index in [9.17, 15) is 9.36 Å². The second-order valence-corrected chi connectivity index (χ2v) is 12.7. The minimum absolute atomic E-state index is 0.116. The van der Waals surface area contributed by atoms with Crippen LogP contribution in [0.2, 0.25) is 0 Å². The highest BCUT2D eigenvalue weighted by atomic mass is 31.1. The second kappa shape index (κ2) is 17.5. The zero-order chi connectivity index (χ0) is 31.3. The van der Waals surface area contributed by atoms with Crippen molar-refractivity contribution in [2.75, 3.05) is 50.0 Å². The number of hydrogen-bond donors (Lipinski definition) is 5. The minimum atomic E-state index is -3.12. The van der Waals surface area contributed by atoms with Gasteiger partial charge in [-0.05, 0) is 70.3 Å². The SMILES string of the molecule is O=C(CO[PH](=O)O)N1CCC(Nc2nc(NCc3cn(CCCNCCCNC4CCCCC4)nn3)nc3ccccc23)CC1. The number of likely N-dealkylation sites (tertiary alicyclic amines) is 1. The van der Waals surface area contributed by atoms with Crippen LogP contribution in [0.5, 0.6) is 0 Å². The lowest BCUT2D eigenvalue weighted by atomic mass is 9.95. The van der Waals surface area contributed by atoms with Gasteiger partial charge in [-0.15, -0.1) is 5.10 Å². The first kappa shape index (κ1) is 33.2. The number of carbonyl (C=O) groups is 1. The predicted molar refractivity (Wildman–Crippen MR) is 174 cm³/mol. The zero-order valence-electron chi connectivity index (χ0n) is 25.9. The summed E-state index contributed by atoms with van der Waals surface area (Å²) in [5.74, 6) is 0.953. The molecule has 45 heavy (non-hydrogen) atoms. The van der Waals surface area contributed by atoms with Crippen LogP contribution in [0.4, 0.5) is 11.8 Å². The van der Waals surface area contributed by atoms with E-state index in [0.717, 1.165) is 80.3 Å². The molecule has 0 spiro atoms. The first-order chi connectivity index (χ1) is 22.0. The Kier molecular flexibility index (Phi) is 12.9. The summed E-state index contributed by atoms with van der Waals surface area (Å²) in [5, 5.41) is 23.6. The van der Waals surface area contributed by atoms with Crippen LogP contribution in [0.15, 0.2) is 30.5 Å². The van der Waals surface area contributed by atoms with E-state index < -0.39 is 8.25 Å². The van der Waals surface area contributed by atoms with Crippen LogP contribution in [-0.2, 0) is 27.0 Å². The highest BCUT2D eigenvalue weighted by molar-refractivity contribution is 7.32. The number of nitrogens with zero attached hydrogens (tertiary/aromatic N) is 6. The third-order valence-corrected chi connectivity index (χ3v) is 8.83. The molecule has 1 saturated heterocycles. The van der Waals surface area contributed by atoms with E-state index in [2.05, 4.69) is 36.1 Å². The molecular weight excluding hydrogens is 595 g/mol. The number of para-hydroxylation sites is 1. The maximum atomic E-state index is 12.2. The van der Waals surface area contributed by atoms with E-state index in [-0.39, 0.29) is 18.6 Å². The third kappa shape index (κ3) is 10.7. The lowest BCUT2D eigenvalue weighted by Gasteiger charge is -2.32. The average molecular weight is 643 g/mol. The van der Waals surface area contributed by atoms with Crippen molar-refractivity contribution in [1.82, 2.24) is 40.5 Å². The number of aromatic nitrogens is 5. The van der Waals surface area contributed by atoms with Crippen molar-refractivity contribution in [3.8, 4) is 0 Å². The summed E-state index contributed by atoms with van der Waals surface area (Å²) in [6.07, 6.45) is 12.3. The molecular formula is C30H47N10O4P. The second-order valence-electron chi connectivity index (χ2n) is 11.8. The van der Waals surface area contributed by atoms with Gasteiger partial charge in [-0.25, -0.2) is 4.98 Å². The van der Waals surface area contributed by atoms with Crippen LogP contribution < -0.4 is 21.3 Å². The highest BCUT2D eigenvalue weighted by Gasteiger charge is 2.24. The molecule has 2 fully saturated rings. The number of rotatable bonds is 17. The van der Waals surface area contributed by atoms with Gasteiger partial charge >= 0.3 is 8.25 Å². The number of fused-ring (bicyclic) bond motifs is 1. The van der Waals surface area contributed by atoms with Gasteiger partial charge in [0.1, 0.15) is 18.1 Å². The van der Waals surface area contributed by atoms with Crippen molar-refractivity contribution in [3.05, 3.63) is 36.2 Å². The maximum absolute atomic E-state index is 12.2. The molecule has 5 N–H and O–H groups in total. The van der Waals surface area contributed by atoms with Gasteiger partial charge in [-0.3, -0.25) is 14.0 Å². The summed E-state index contributed by atoms with van der Waals surface area (Å²) >= 11 is 0. The Morgan fingerprint density at radius 2 is 1.80 bits per heavy atom. The van der Waals surface area contributed by atoms with Crippen LogP contribution >= 0.6 is 8.25 Å². The predicted octanol–water partition coefficient (Wildman–Crippen LogP) is 2.93. The third-order valence-electron chi connectivity index (χ3n) is 8.43. The molecule has 1 unspecified atom stereocenters. The summed E-state index contributed by atoms with van der Waals surface area (Å²) in [5.41, 5.74) is 1.64. The van der Waals surface area contributed by atoms with Crippen molar-refractivity contribution in [1.29, 1.82) is 0 Å². The van der Waals surface area contributed by atoms with Crippen molar-refractivity contribution < 1.29 is 18.8 Å². The molecule has 2 aromatic heterocycles.